The number of nitrogens with two attached hydrogens (primary N) is 1. The molecule has 25 heavy (non-hydrogen) atoms. The van der Waals surface area contributed by atoms with Crippen LogP contribution in [0.25, 0.3) is 6.08 Å². The third-order valence-corrected chi connectivity index (χ3v) is 4.56. The Morgan fingerprint density at radius 2 is 1.96 bits per heavy atom. The van der Waals surface area contributed by atoms with E-state index in [0.29, 0.717) is 35.0 Å². The fourth-order valence-electron chi connectivity index (χ4n) is 2.53. The number of ether oxygens (including phenoxy) is 1. The molecule has 0 radical (unpaired) electrons. The Balaban J connectivity index is 1.86. The minimum absolute atomic E-state index is 0.261. The first-order chi connectivity index (χ1) is 11.9. The monoisotopic (exact) mass is 384 g/mol. The zero-order valence-corrected chi connectivity index (χ0v) is 14.9. The Bertz CT molecular complexity index is 686. The summed E-state index contributed by atoms with van der Waals surface area (Å²) in [5.41, 5.74) is 5.77. The number of halogens is 2. The van der Waals surface area contributed by atoms with Gasteiger partial charge in [-0.1, -0.05) is 29.3 Å². The zero-order chi connectivity index (χ0) is 18.4. The van der Waals surface area contributed by atoms with Gasteiger partial charge in [-0.3, -0.25) is 9.59 Å². The van der Waals surface area contributed by atoms with Crippen LogP contribution < -0.4 is 5.73 Å². The molecule has 1 heterocycles. The molecule has 1 aliphatic heterocycles. The van der Waals surface area contributed by atoms with Crippen molar-refractivity contribution < 1.29 is 19.1 Å². The average Bonchev–Trinajstić information content (AvgIpc) is 2.59. The van der Waals surface area contributed by atoms with E-state index in [1.54, 1.807) is 18.2 Å². The number of benzene rings is 1. The summed E-state index contributed by atoms with van der Waals surface area (Å²) < 4.78 is 4.93. The van der Waals surface area contributed by atoms with Crippen molar-refractivity contribution in [3.63, 3.8) is 0 Å². The highest BCUT2D eigenvalue weighted by Crippen LogP contribution is 2.25. The number of hydrogen-bond donors (Lipinski definition) is 1. The van der Waals surface area contributed by atoms with Crippen molar-refractivity contribution in [1.29, 1.82) is 0 Å². The molecule has 0 aliphatic carbocycles. The number of piperidine rings is 1. The number of hydrogen-bond acceptors (Lipinski definition) is 4. The van der Waals surface area contributed by atoms with Crippen LogP contribution in [0.2, 0.25) is 10.0 Å². The predicted octanol–water partition coefficient (Wildman–Crippen LogP) is 2.27. The fourth-order valence-corrected chi connectivity index (χ4v) is 3.05. The minimum atomic E-state index is -0.687. The summed E-state index contributed by atoms with van der Waals surface area (Å²) in [6.45, 7) is 0.382. The lowest BCUT2D eigenvalue weighted by molar-refractivity contribution is -0.149. The zero-order valence-electron chi connectivity index (χ0n) is 13.4. The Hall–Kier alpha value is -2.05. The molecule has 2 amide bonds. The standard InChI is InChI=1S/C17H18Cl2N2O4/c18-13-4-1-5-14(19)12(13)6-7-16(23)25-10-15(22)21-8-2-3-11(9-21)17(20)24/h1,4-7,11H,2-3,8-10H2,(H2,20,24)/b7-6+/t11-/m0/s1. The van der Waals surface area contributed by atoms with E-state index in [1.807, 2.05) is 0 Å². The Morgan fingerprint density at radius 3 is 2.60 bits per heavy atom. The molecule has 0 spiro atoms. The largest absolute Gasteiger partial charge is 0.452 e. The van der Waals surface area contributed by atoms with Crippen LogP contribution in [0, 0.1) is 5.92 Å². The van der Waals surface area contributed by atoms with Gasteiger partial charge in [0.15, 0.2) is 6.61 Å². The van der Waals surface area contributed by atoms with Gasteiger partial charge in [-0.15, -0.1) is 0 Å². The van der Waals surface area contributed by atoms with Crippen molar-refractivity contribution in [3.05, 3.63) is 39.9 Å². The summed E-state index contributed by atoms with van der Waals surface area (Å²) in [6, 6.07) is 4.98. The van der Waals surface area contributed by atoms with Gasteiger partial charge in [0.1, 0.15) is 0 Å². The van der Waals surface area contributed by atoms with E-state index in [4.69, 9.17) is 33.7 Å². The van der Waals surface area contributed by atoms with Gasteiger partial charge in [0.05, 0.1) is 5.92 Å². The van der Waals surface area contributed by atoms with E-state index >= 15 is 0 Å². The molecule has 0 unspecified atom stereocenters. The highest BCUT2D eigenvalue weighted by molar-refractivity contribution is 6.37. The Kier molecular flexibility index (Phi) is 6.84. The number of primary amides is 1. The van der Waals surface area contributed by atoms with Crippen molar-refractivity contribution in [2.24, 2.45) is 11.7 Å². The summed E-state index contributed by atoms with van der Waals surface area (Å²) >= 11 is 12.0. The SMILES string of the molecule is NC(=O)[C@H]1CCCN(C(=O)COC(=O)/C=C/c2c(Cl)cccc2Cl)C1. The molecule has 0 saturated carbocycles. The van der Waals surface area contributed by atoms with Crippen molar-refractivity contribution >= 4 is 47.1 Å². The molecular formula is C17H18Cl2N2O4. The van der Waals surface area contributed by atoms with Crippen LogP contribution >= 0.6 is 23.2 Å². The lowest BCUT2D eigenvalue weighted by Gasteiger charge is -2.30. The fraction of sp³-hybridized carbons (Fsp3) is 0.353. The van der Waals surface area contributed by atoms with E-state index in [1.165, 1.54) is 11.0 Å². The third kappa shape index (κ3) is 5.47. The van der Waals surface area contributed by atoms with Crippen molar-refractivity contribution in [1.82, 2.24) is 4.90 Å². The molecule has 0 aromatic heterocycles. The predicted molar refractivity (Wildman–Crippen MR) is 95.0 cm³/mol. The summed E-state index contributed by atoms with van der Waals surface area (Å²) in [7, 11) is 0. The lowest BCUT2D eigenvalue weighted by atomic mass is 9.97. The number of nitrogens with zero attached hydrogens (tertiary/aromatic N) is 1. The van der Waals surface area contributed by atoms with Crippen LogP contribution in [0.3, 0.4) is 0 Å². The molecular weight excluding hydrogens is 367 g/mol. The molecule has 8 heteroatoms. The van der Waals surface area contributed by atoms with Gasteiger partial charge in [0.25, 0.3) is 5.91 Å². The number of carbonyl (C=O) groups excluding carboxylic acids is 3. The minimum Gasteiger partial charge on any atom is -0.452 e. The lowest BCUT2D eigenvalue weighted by Crippen LogP contribution is -2.45. The van der Waals surface area contributed by atoms with Crippen LogP contribution in [-0.4, -0.2) is 42.4 Å². The molecule has 1 atom stereocenters. The van der Waals surface area contributed by atoms with Gasteiger partial charge < -0.3 is 15.4 Å². The molecule has 0 bridgehead atoms. The third-order valence-electron chi connectivity index (χ3n) is 3.90. The van der Waals surface area contributed by atoms with Crippen LogP contribution in [0.1, 0.15) is 18.4 Å². The summed E-state index contributed by atoms with van der Waals surface area (Å²) in [6.07, 6.45) is 3.95. The van der Waals surface area contributed by atoms with E-state index < -0.39 is 18.5 Å². The highest BCUT2D eigenvalue weighted by atomic mass is 35.5. The first-order valence-electron chi connectivity index (χ1n) is 7.74. The quantitative estimate of drug-likeness (QED) is 0.622. The number of esters is 1. The van der Waals surface area contributed by atoms with Crippen LogP contribution in [0.4, 0.5) is 0 Å². The maximum absolute atomic E-state index is 12.1. The smallest absolute Gasteiger partial charge is 0.331 e. The normalized spacial score (nSPS) is 17.5. The van der Waals surface area contributed by atoms with Crippen LogP contribution in [0.5, 0.6) is 0 Å². The van der Waals surface area contributed by atoms with E-state index in [2.05, 4.69) is 0 Å². The van der Waals surface area contributed by atoms with E-state index in [0.717, 1.165) is 6.08 Å². The maximum atomic E-state index is 12.1. The second-order valence-electron chi connectivity index (χ2n) is 5.66. The van der Waals surface area contributed by atoms with Gasteiger partial charge in [-0.25, -0.2) is 4.79 Å². The number of carbonyl (C=O) groups is 3. The second kappa shape index (κ2) is 8.87. The number of amides is 2. The first-order valence-corrected chi connectivity index (χ1v) is 8.50. The number of rotatable bonds is 5. The summed E-state index contributed by atoms with van der Waals surface area (Å²) in [5.74, 6) is -1.82. The molecule has 1 aromatic carbocycles. The first kappa shape index (κ1) is 19.3. The van der Waals surface area contributed by atoms with Gasteiger partial charge in [-0.2, -0.15) is 0 Å². The Morgan fingerprint density at radius 1 is 1.28 bits per heavy atom. The molecule has 1 aliphatic rings. The number of likely N-dealkylation sites (tertiary alicyclic amines) is 1. The van der Waals surface area contributed by atoms with Gasteiger partial charge in [-0.05, 0) is 31.1 Å². The molecule has 1 saturated heterocycles. The maximum Gasteiger partial charge on any atom is 0.331 e. The molecule has 1 fully saturated rings. The van der Waals surface area contributed by atoms with Crippen molar-refractivity contribution in [2.45, 2.75) is 12.8 Å². The molecule has 1 aromatic rings. The molecule has 2 N–H and O–H groups in total. The summed E-state index contributed by atoms with van der Waals surface area (Å²) in [4.78, 5) is 36.6. The van der Waals surface area contributed by atoms with Crippen LogP contribution in [-0.2, 0) is 19.1 Å². The second-order valence-corrected chi connectivity index (χ2v) is 6.47. The molecule has 2 rings (SSSR count). The van der Waals surface area contributed by atoms with E-state index in [-0.39, 0.29) is 18.4 Å². The van der Waals surface area contributed by atoms with E-state index in [9.17, 15) is 14.4 Å². The average molecular weight is 385 g/mol. The highest BCUT2D eigenvalue weighted by Gasteiger charge is 2.27. The van der Waals surface area contributed by atoms with Gasteiger partial charge in [0.2, 0.25) is 5.91 Å². The van der Waals surface area contributed by atoms with Gasteiger partial charge >= 0.3 is 5.97 Å². The van der Waals surface area contributed by atoms with Gasteiger partial charge in [0, 0.05) is 34.8 Å². The van der Waals surface area contributed by atoms with Crippen molar-refractivity contribution in [2.75, 3.05) is 19.7 Å². The Labute approximate surface area is 155 Å². The topological polar surface area (TPSA) is 89.7 Å². The van der Waals surface area contributed by atoms with Crippen LogP contribution in [0.15, 0.2) is 24.3 Å². The molecule has 134 valence electrons. The molecule has 6 nitrogen and oxygen atoms in total. The van der Waals surface area contributed by atoms with Crippen molar-refractivity contribution in [3.8, 4) is 0 Å². The summed E-state index contributed by atoms with van der Waals surface area (Å²) in [5, 5.41) is 0.803.